The molecule has 0 radical (unpaired) electrons. The number of nitriles is 1. The first kappa shape index (κ1) is 20.9. The highest BCUT2D eigenvalue weighted by molar-refractivity contribution is 7.80. The molecule has 0 aliphatic rings. The van der Waals surface area contributed by atoms with Gasteiger partial charge in [0.15, 0.2) is 0 Å². The number of nitrogens with zero attached hydrogens (tertiary/aromatic N) is 6. The van der Waals surface area contributed by atoms with Crippen LogP contribution >= 0.6 is 23.9 Å². The molecule has 0 saturated heterocycles. The van der Waals surface area contributed by atoms with E-state index in [9.17, 15) is 0 Å². The van der Waals surface area contributed by atoms with Crippen molar-refractivity contribution in [1.29, 1.82) is 5.26 Å². The Bertz CT molecular complexity index is 1530. The van der Waals surface area contributed by atoms with Crippen molar-refractivity contribution in [2.24, 2.45) is 0 Å². The van der Waals surface area contributed by atoms with Crippen molar-refractivity contribution in [3.8, 4) is 28.6 Å². The largest absolute Gasteiger partial charge is 0.348 e. The maximum atomic E-state index is 9.11. The highest BCUT2D eigenvalue weighted by Crippen LogP contribution is 2.32. The molecule has 3 heterocycles. The molecule has 0 saturated carbocycles. The van der Waals surface area contributed by atoms with Gasteiger partial charge in [-0.25, -0.2) is 0 Å². The number of rotatable bonds is 5. The maximum Gasteiger partial charge on any atom is 0.119 e. The topological polar surface area (TPSA) is 92.3 Å². The van der Waals surface area contributed by atoms with Crippen molar-refractivity contribution < 1.29 is 0 Å². The van der Waals surface area contributed by atoms with E-state index in [-0.39, 0.29) is 0 Å². The summed E-state index contributed by atoms with van der Waals surface area (Å²) in [7, 11) is 0. The molecule has 0 atom stereocenters. The van der Waals surface area contributed by atoms with Gasteiger partial charge in [0.1, 0.15) is 21.7 Å². The first-order valence-electron chi connectivity index (χ1n) is 10.1. The van der Waals surface area contributed by atoms with E-state index in [0.29, 0.717) is 17.1 Å². The summed E-state index contributed by atoms with van der Waals surface area (Å²) in [4.78, 5) is 5.27. The van der Waals surface area contributed by atoms with E-state index < -0.39 is 0 Å². The molecule has 0 aliphatic carbocycles. The van der Waals surface area contributed by atoms with Crippen LogP contribution in [0.5, 0.6) is 0 Å². The molecular formula is C24H17N7S2. The molecule has 1 N–H and O–H groups in total. The van der Waals surface area contributed by atoms with Gasteiger partial charge in [0.25, 0.3) is 0 Å². The highest BCUT2D eigenvalue weighted by Gasteiger charge is 2.16. The third-order valence-electron chi connectivity index (χ3n) is 5.04. The van der Waals surface area contributed by atoms with Gasteiger partial charge in [-0.15, -0.1) is 0 Å². The SMILES string of the molecule is Cc1cccc(-c2nn(CC(=S)Nc3cccc(C#N)c3)cc2-c2ccc3nsnc3c2)n1. The molecule has 2 aromatic carbocycles. The van der Waals surface area contributed by atoms with Crippen LogP contribution in [0.1, 0.15) is 11.3 Å². The smallest absolute Gasteiger partial charge is 0.119 e. The van der Waals surface area contributed by atoms with Gasteiger partial charge >= 0.3 is 0 Å². The fourth-order valence-corrected chi connectivity index (χ4v) is 4.31. The summed E-state index contributed by atoms with van der Waals surface area (Å²) in [6.45, 7) is 2.34. The Morgan fingerprint density at radius 1 is 1.09 bits per heavy atom. The third-order valence-corrected chi connectivity index (χ3v) is 5.83. The second kappa shape index (κ2) is 8.86. The molecule has 7 nitrogen and oxygen atoms in total. The summed E-state index contributed by atoms with van der Waals surface area (Å²) >= 11 is 6.77. The standard InChI is InChI=1S/C24H17N7S2/c1-15-4-2-7-21(26-15)24-19(17-8-9-20-22(11-17)30-33-29-20)13-31(28-24)14-23(32)27-18-6-3-5-16(10-18)12-25/h2-11,13H,14H2,1H3,(H,27,32). The van der Waals surface area contributed by atoms with E-state index in [1.807, 2.05) is 66.3 Å². The summed E-state index contributed by atoms with van der Waals surface area (Å²) in [5.41, 5.74) is 7.48. The highest BCUT2D eigenvalue weighted by atomic mass is 32.1. The quantitative estimate of drug-likeness (QED) is 0.354. The normalized spacial score (nSPS) is 10.8. The number of hydrogen-bond acceptors (Lipinski definition) is 7. The first-order valence-corrected chi connectivity index (χ1v) is 11.3. The average molecular weight is 468 g/mol. The Hall–Kier alpha value is -4.00. The summed E-state index contributed by atoms with van der Waals surface area (Å²) < 4.78 is 10.5. The molecule has 5 aromatic rings. The molecule has 33 heavy (non-hydrogen) atoms. The molecule has 0 amide bonds. The van der Waals surface area contributed by atoms with Crippen molar-refractivity contribution >= 4 is 45.7 Å². The Labute approximate surface area is 199 Å². The predicted molar refractivity (Wildman–Crippen MR) is 134 cm³/mol. The molecule has 0 aliphatic heterocycles. The lowest BCUT2D eigenvalue weighted by Gasteiger charge is -2.08. The lowest BCUT2D eigenvalue weighted by molar-refractivity contribution is 0.730. The van der Waals surface area contributed by atoms with Gasteiger partial charge in [0.2, 0.25) is 0 Å². The van der Waals surface area contributed by atoms with Crippen LogP contribution < -0.4 is 5.32 Å². The van der Waals surface area contributed by atoms with Crippen LogP contribution in [0.25, 0.3) is 33.5 Å². The van der Waals surface area contributed by atoms with Crippen LogP contribution in [0.15, 0.2) is 66.9 Å². The number of fused-ring (bicyclic) bond motifs is 1. The van der Waals surface area contributed by atoms with E-state index in [0.717, 1.165) is 44.9 Å². The first-order chi connectivity index (χ1) is 16.1. The molecule has 0 fully saturated rings. The van der Waals surface area contributed by atoms with Gasteiger partial charge in [0, 0.05) is 23.1 Å². The Morgan fingerprint density at radius 3 is 2.79 bits per heavy atom. The second-order valence-electron chi connectivity index (χ2n) is 7.46. The molecule has 0 unspecified atom stereocenters. The third kappa shape index (κ3) is 4.48. The molecular weight excluding hydrogens is 450 g/mol. The summed E-state index contributed by atoms with van der Waals surface area (Å²) in [5.74, 6) is 0. The molecule has 3 aromatic heterocycles. The summed E-state index contributed by atoms with van der Waals surface area (Å²) in [6.07, 6.45) is 1.97. The number of pyridine rings is 1. The number of aryl methyl sites for hydroxylation is 1. The van der Waals surface area contributed by atoms with E-state index >= 15 is 0 Å². The summed E-state index contributed by atoms with van der Waals surface area (Å²) in [5, 5.41) is 17.1. The lowest BCUT2D eigenvalue weighted by Crippen LogP contribution is -2.17. The van der Waals surface area contributed by atoms with E-state index in [1.165, 1.54) is 11.7 Å². The van der Waals surface area contributed by atoms with Crippen molar-refractivity contribution in [3.05, 3.63) is 78.1 Å². The zero-order valence-electron chi connectivity index (χ0n) is 17.6. The number of anilines is 1. The zero-order valence-corrected chi connectivity index (χ0v) is 19.2. The number of hydrogen-bond donors (Lipinski definition) is 1. The monoisotopic (exact) mass is 467 g/mol. The van der Waals surface area contributed by atoms with Crippen molar-refractivity contribution in [2.75, 3.05) is 5.32 Å². The Morgan fingerprint density at radius 2 is 1.94 bits per heavy atom. The van der Waals surface area contributed by atoms with E-state index in [1.54, 1.807) is 12.1 Å². The Kier molecular flexibility index (Phi) is 5.60. The van der Waals surface area contributed by atoms with Gasteiger partial charge in [-0.05, 0) is 55.0 Å². The van der Waals surface area contributed by atoms with Gasteiger partial charge in [-0.2, -0.15) is 19.1 Å². The van der Waals surface area contributed by atoms with Crippen LogP contribution in [0.4, 0.5) is 5.69 Å². The summed E-state index contributed by atoms with van der Waals surface area (Å²) in [6, 6.07) is 21.2. The molecule has 5 rings (SSSR count). The number of nitrogens with one attached hydrogen (secondary N) is 1. The van der Waals surface area contributed by atoms with Crippen LogP contribution in [-0.4, -0.2) is 28.5 Å². The van der Waals surface area contributed by atoms with Crippen LogP contribution in [-0.2, 0) is 6.54 Å². The molecule has 0 bridgehead atoms. The van der Waals surface area contributed by atoms with Gasteiger partial charge < -0.3 is 5.32 Å². The van der Waals surface area contributed by atoms with Crippen molar-refractivity contribution in [1.82, 2.24) is 23.5 Å². The van der Waals surface area contributed by atoms with Crippen LogP contribution in [0.2, 0.25) is 0 Å². The lowest BCUT2D eigenvalue weighted by atomic mass is 10.0. The minimum absolute atomic E-state index is 0.380. The van der Waals surface area contributed by atoms with E-state index in [4.69, 9.17) is 22.6 Å². The van der Waals surface area contributed by atoms with Gasteiger partial charge in [-0.1, -0.05) is 30.4 Å². The minimum atomic E-state index is 0.380. The van der Waals surface area contributed by atoms with Gasteiger partial charge in [-0.3, -0.25) is 9.67 Å². The second-order valence-corrected chi connectivity index (χ2v) is 8.48. The van der Waals surface area contributed by atoms with Gasteiger partial charge in [0.05, 0.1) is 35.6 Å². The number of aromatic nitrogens is 5. The van der Waals surface area contributed by atoms with Crippen LogP contribution in [0.3, 0.4) is 0 Å². The molecule has 0 spiro atoms. The molecule has 9 heteroatoms. The van der Waals surface area contributed by atoms with E-state index in [2.05, 4.69) is 25.1 Å². The minimum Gasteiger partial charge on any atom is -0.348 e. The van der Waals surface area contributed by atoms with Crippen molar-refractivity contribution in [3.63, 3.8) is 0 Å². The average Bonchev–Trinajstić information content (AvgIpc) is 3.45. The number of thiocarbonyl (C=S) groups is 1. The van der Waals surface area contributed by atoms with Crippen LogP contribution in [0, 0.1) is 18.3 Å². The van der Waals surface area contributed by atoms with Crippen molar-refractivity contribution in [2.45, 2.75) is 13.5 Å². The fraction of sp³-hybridized carbons (Fsp3) is 0.0833. The maximum absolute atomic E-state index is 9.11. The molecule has 160 valence electrons. The Balaban J connectivity index is 1.50. The predicted octanol–water partition coefficient (Wildman–Crippen LogP) is 5.24. The fourth-order valence-electron chi connectivity index (χ4n) is 3.54. The zero-order chi connectivity index (χ0) is 22.8. The number of benzene rings is 2.